The van der Waals surface area contributed by atoms with Crippen LogP contribution in [0.1, 0.15) is 22.8 Å². The molecule has 0 radical (unpaired) electrons. The second kappa shape index (κ2) is 6.14. The molecular weight excluding hydrogens is 243 g/mol. The third-order valence-electron chi connectivity index (χ3n) is 2.80. The number of carbonyl (C=O) groups excluding carboxylic acids is 1. The van der Waals surface area contributed by atoms with E-state index in [0.717, 1.165) is 5.75 Å². The molecule has 0 aliphatic heterocycles. The molecule has 0 atom stereocenters. The van der Waals surface area contributed by atoms with Crippen molar-refractivity contribution in [1.82, 2.24) is 0 Å². The Hall–Kier alpha value is -2.16. The number of benzene rings is 2. The van der Waals surface area contributed by atoms with E-state index in [1.54, 1.807) is 42.5 Å². The van der Waals surface area contributed by atoms with Gasteiger partial charge in [-0.2, -0.15) is 0 Å². The zero-order chi connectivity index (χ0) is 13.7. The van der Waals surface area contributed by atoms with Crippen LogP contribution in [0.2, 0.25) is 0 Å². The van der Waals surface area contributed by atoms with E-state index >= 15 is 0 Å². The van der Waals surface area contributed by atoms with Gasteiger partial charge in [0.05, 0.1) is 6.61 Å². The largest absolute Gasteiger partial charge is 0.494 e. The van der Waals surface area contributed by atoms with Crippen LogP contribution in [-0.4, -0.2) is 12.4 Å². The van der Waals surface area contributed by atoms with Crippen LogP contribution in [0.15, 0.2) is 48.5 Å². The first-order valence-electron chi connectivity index (χ1n) is 6.20. The standard InChI is InChI=1S/C16H15FO2/c1-2-19-14-9-7-12(8-10-14)16(18)11-13-5-3-4-6-15(13)17/h3-10H,2,11H2,1H3. The minimum Gasteiger partial charge on any atom is -0.494 e. The monoisotopic (exact) mass is 258 g/mol. The number of hydrogen-bond donors (Lipinski definition) is 0. The SMILES string of the molecule is CCOc1ccc(C(=O)Cc2ccccc2F)cc1. The fourth-order valence-corrected chi connectivity index (χ4v) is 1.82. The van der Waals surface area contributed by atoms with Crippen LogP contribution >= 0.6 is 0 Å². The van der Waals surface area contributed by atoms with Gasteiger partial charge in [0.1, 0.15) is 11.6 Å². The molecular formula is C16H15FO2. The average molecular weight is 258 g/mol. The summed E-state index contributed by atoms with van der Waals surface area (Å²) in [5, 5.41) is 0. The summed E-state index contributed by atoms with van der Waals surface area (Å²) in [5.41, 5.74) is 0.980. The van der Waals surface area contributed by atoms with Gasteiger partial charge in [-0.15, -0.1) is 0 Å². The summed E-state index contributed by atoms with van der Waals surface area (Å²) < 4.78 is 18.8. The highest BCUT2D eigenvalue weighted by molar-refractivity contribution is 5.97. The number of halogens is 1. The van der Waals surface area contributed by atoms with Gasteiger partial charge in [-0.3, -0.25) is 4.79 Å². The summed E-state index contributed by atoms with van der Waals surface area (Å²) in [5.74, 6) is 0.278. The lowest BCUT2D eigenvalue weighted by molar-refractivity contribution is 0.0992. The quantitative estimate of drug-likeness (QED) is 0.765. The Kier molecular flexibility index (Phi) is 4.29. The molecule has 0 heterocycles. The van der Waals surface area contributed by atoms with E-state index < -0.39 is 0 Å². The highest BCUT2D eigenvalue weighted by atomic mass is 19.1. The Bertz CT molecular complexity index is 561. The molecule has 0 saturated heterocycles. The lowest BCUT2D eigenvalue weighted by Gasteiger charge is -2.05. The molecule has 2 aromatic rings. The van der Waals surface area contributed by atoms with Crippen molar-refractivity contribution in [2.24, 2.45) is 0 Å². The third kappa shape index (κ3) is 3.41. The summed E-state index contributed by atoms with van der Waals surface area (Å²) >= 11 is 0. The fraction of sp³-hybridized carbons (Fsp3) is 0.188. The second-order valence-corrected chi connectivity index (χ2v) is 4.15. The predicted molar refractivity (Wildman–Crippen MR) is 72.0 cm³/mol. The first-order chi connectivity index (χ1) is 9.20. The summed E-state index contributed by atoms with van der Waals surface area (Å²) in [4.78, 5) is 12.0. The van der Waals surface area contributed by atoms with Crippen LogP contribution < -0.4 is 4.74 Å². The van der Waals surface area contributed by atoms with E-state index in [9.17, 15) is 9.18 Å². The van der Waals surface area contributed by atoms with Crippen molar-refractivity contribution in [3.63, 3.8) is 0 Å². The van der Waals surface area contributed by atoms with Crippen molar-refractivity contribution < 1.29 is 13.9 Å². The molecule has 0 N–H and O–H groups in total. The molecule has 0 aliphatic rings. The number of ketones is 1. The maximum atomic E-state index is 13.5. The molecule has 2 aromatic carbocycles. The fourth-order valence-electron chi connectivity index (χ4n) is 1.82. The minimum absolute atomic E-state index is 0.0701. The van der Waals surface area contributed by atoms with Gasteiger partial charge >= 0.3 is 0 Å². The number of carbonyl (C=O) groups is 1. The van der Waals surface area contributed by atoms with Crippen molar-refractivity contribution in [2.75, 3.05) is 6.61 Å². The van der Waals surface area contributed by atoms with E-state index in [2.05, 4.69) is 0 Å². The van der Waals surface area contributed by atoms with Crippen LogP contribution in [0.5, 0.6) is 5.75 Å². The van der Waals surface area contributed by atoms with Crippen LogP contribution in [0.3, 0.4) is 0 Å². The van der Waals surface area contributed by atoms with Gasteiger partial charge in [-0.1, -0.05) is 18.2 Å². The summed E-state index contributed by atoms with van der Waals surface area (Å²) in [6.45, 7) is 2.49. The van der Waals surface area contributed by atoms with Crippen LogP contribution in [0, 0.1) is 5.82 Å². The molecule has 98 valence electrons. The molecule has 0 spiro atoms. The normalized spacial score (nSPS) is 10.2. The Morgan fingerprint density at radius 3 is 2.42 bits per heavy atom. The molecule has 0 amide bonds. The summed E-state index contributed by atoms with van der Waals surface area (Å²) in [6, 6.07) is 13.2. The zero-order valence-electron chi connectivity index (χ0n) is 10.7. The first kappa shape index (κ1) is 13.3. The molecule has 2 nitrogen and oxygen atoms in total. The van der Waals surface area contributed by atoms with Gasteiger partial charge in [0.2, 0.25) is 0 Å². The molecule has 0 unspecified atom stereocenters. The first-order valence-corrected chi connectivity index (χ1v) is 6.20. The van der Waals surface area contributed by atoms with Gasteiger partial charge in [0, 0.05) is 12.0 Å². The zero-order valence-corrected chi connectivity index (χ0v) is 10.7. The van der Waals surface area contributed by atoms with Gasteiger partial charge in [-0.05, 0) is 42.8 Å². The lowest BCUT2D eigenvalue weighted by Crippen LogP contribution is -2.05. The highest BCUT2D eigenvalue weighted by Gasteiger charge is 2.10. The maximum Gasteiger partial charge on any atom is 0.167 e. The van der Waals surface area contributed by atoms with Crippen LogP contribution in [-0.2, 0) is 6.42 Å². The van der Waals surface area contributed by atoms with Crippen molar-refractivity contribution in [2.45, 2.75) is 13.3 Å². The molecule has 0 aliphatic carbocycles. The summed E-state index contributed by atoms with van der Waals surface area (Å²) in [7, 11) is 0. The summed E-state index contributed by atoms with van der Waals surface area (Å²) in [6.07, 6.45) is 0.0701. The smallest absolute Gasteiger partial charge is 0.167 e. The van der Waals surface area contributed by atoms with Crippen LogP contribution in [0.4, 0.5) is 4.39 Å². The molecule has 0 bridgehead atoms. The Morgan fingerprint density at radius 2 is 1.79 bits per heavy atom. The predicted octanol–water partition coefficient (Wildman–Crippen LogP) is 3.65. The molecule has 3 heteroatoms. The molecule has 0 aromatic heterocycles. The van der Waals surface area contributed by atoms with E-state index in [-0.39, 0.29) is 18.0 Å². The van der Waals surface area contributed by atoms with Crippen LogP contribution in [0.25, 0.3) is 0 Å². The topological polar surface area (TPSA) is 26.3 Å². The lowest BCUT2D eigenvalue weighted by atomic mass is 10.0. The number of hydrogen-bond acceptors (Lipinski definition) is 2. The minimum atomic E-state index is -0.346. The van der Waals surface area contributed by atoms with Crippen molar-refractivity contribution in [3.05, 3.63) is 65.5 Å². The van der Waals surface area contributed by atoms with Crippen molar-refractivity contribution in [1.29, 1.82) is 0 Å². The van der Waals surface area contributed by atoms with Crippen molar-refractivity contribution >= 4 is 5.78 Å². The molecule has 0 fully saturated rings. The van der Waals surface area contributed by atoms with Gasteiger partial charge in [-0.25, -0.2) is 4.39 Å². The van der Waals surface area contributed by atoms with E-state index in [4.69, 9.17) is 4.74 Å². The van der Waals surface area contributed by atoms with E-state index in [1.165, 1.54) is 6.07 Å². The van der Waals surface area contributed by atoms with Gasteiger partial charge in [0.15, 0.2) is 5.78 Å². The van der Waals surface area contributed by atoms with E-state index in [1.807, 2.05) is 6.92 Å². The molecule has 2 rings (SSSR count). The number of rotatable bonds is 5. The second-order valence-electron chi connectivity index (χ2n) is 4.15. The highest BCUT2D eigenvalue weighted by Crippen LogP contribution is 2.15. The molecule has 19 heavy (non-hydrogen) atoms. The van der Waals surface area contributed by atoms with Gasteiger partial charge < -0.3 is 4.74 Å². The maximum absolute atomic E-state index is 13.5. The third-order valence-corrected chi connectivity index (χ3v) is 2.80. The Morgan fingerprint density at radius 1 is 1.11 bits per heavy atom. The number of Topliss-reactive ketones (excluding diaryl/α,β-unsaturated/α-hetero) is 1. The van der Waals surface area contributed by atoms with Gasteiger partial charge in [0.25, 0.3) is 0 Å². The van der Waals surface area contributed by atoms with E-state index in [0.29, 0.717) is 17.7 Å². The molecule has 0 saturated carbocycles. The Labute approximate surface area is 111 Å². The van der Waals surface area contributed by atoms with Crippen molar-refractivity contribution in [3.8, 4) is 5.75 Å². The average Bonchev–Trinajstić information content (AvgIpc) is 2.42. The number of ether oxygens (including phenoxy) is 1. The Balaban J connectivity index is 2.10.